The zero-order chi connectivity index (χ0) is 15.2. The van der Waals surface area contributed by atoms with Crippen LogP contribution in [0.15, 0.2) is 29.3 Å². The van der Waals surface area contributed by atoms with E-state index in [9.17, 15) is 4.79 Å². The van der Waals surface area contributed by atoms with Gasteiger partial charge in [-0.25, -0.2) is 9.67 Å². The zero-order valence-electron chi connectivity index (χ0n) is 11.4. The Labute approximate surface area is 126 Å². The molecule has 0 aliphatic heterocycles. The van der Waals surface area contributed by atoms with Crippen LogP contribution in [-0.4, -0.2) is 33.6 Å². The topological polar surface area (TPSA) is 89.3 Å². The van der Waals surface area contributed by atoms with Crippen molar-refractivity contribution in [1.82, 2.24) is 14.8 Å². The molecule has 7 nitrogen and oxygen atoms in total. The van der Waals surface area contributed by atoms with Gasteiger partial charge in [0.1, 0.15) is 5.02 Å². The molecular formula is C13H15ClN4O3. The summed E-state index contributed by atoms with van der Waals surface area (Å²) in [5, 5.41) is 15.8. The van der Waals surface area contributed by atoms with Gasteiger partial charge >= 0.3 is 0 Å². The number of hydrogen-bond acceptors (Lipinski definition) is 6. The van der Waals surface area contributed by atoms with E-state index in [1.807, 2.05) is 6.07 Å². The Hall–Kier alpha value is -2.12. The van der Waals surface area contributed by atoms with Crippen LogP contribution in [0.5, 0.6) is 5.88 Å². The maximum absolute atomic E-state index is 11.9. The molecule has 21 heavy (non-hydrogen) atoms. The lowest BCUT2D eigenvalue weighted by atomic mass is 10.2. The Kier molecular flexibility index (Phi) is 5.13. The summed E-state index contributed by atoms with van der Waals surface area (Å²) in [5.74, 6) is 0.503. The molecule has 0 spiro atoms. The largest absolute Gasteiger partial charge is 0.481 e. The SMILES string of the molecule is COc1ncccc1CNc1cnn(CCO)c(=O)c1Cl. The highest BCUT2D eigenvalue weighted by Crippen LogP contribution is 2.19. The lowest BCUT2D eigenvalue weighted by Crippen LogP contribution is -2.25. The molecule has 0 saturated heterocycles. The van der Waals surface area contributed by atoms with Crippen molar-refractivity contribution in [2.24, 2.45) is 0 Å². The molecule has 0 amide bonds. The molecule has 2 heterocycles. The molecule has 0 aliphatic carbocycles. The maximum Gasteiger partial charge on any atom is 0.287 e. The molecule has 0 saturated carbocycles. The van der Waals surface area contributed by atoms with Crippen LogP contribution in [0.25, 0.3) is 0 Å². The van der Waals surface area contributed by atoms with E-state index in [1.54, 1.807) is 12.3 Å². The quantitative estimate of drug-likeness (QED) is 0.824. The van der Waals surface area contributed by atoms with Gasteiger partial charge in [-0.1, -0.05) is 17.7 Å². The monoisotopic (exact) mass is 310 g/mol. The van der Waals surface area contributed by atoms with Crippen molar-refractivity contribution in [2.45, 2.75) is 13.1 Å². The third-order valence-electron chi connectivity index (χ3n) is 2.81. The zero-order valence-corrected chi connectivity index (χ0v) is 12.2. The molecule has 8 heteroatoms. The van der Waals surface area contributed by atoms with E-state index in [0.29, 0.717) is 18.1 Å². The van der Waals surface area contributed by atoms with Gasteiger partial charge in [0.05, 0.1) is 32.1 Å². The molecule has 0 aromatic carbocycles. The first kappa shape index (κ1) is 15.3. The van der Waals surface area contributed by atoms with Crippen LogP contribution in [0.1, 0.15) is 5.56 Å². The molecule has 0 aliphatic rings. The first-order chi connectivity index (χ1) is 10.2. The van der Waals surface area contributed by atoms with Crippen LogP contribution < -0.4 is 15.6 Å². The second kappa shape index (κ2) is 7.05. The predicted molar refractivity (Wildman–Crippen MR) is 78.7 cm³/mol. The van der Waals surface area contributed by atoms with Crippen molar-refractivity contribution < 1.29 is 9.84 Å². The minimum absolute atomic E-state index is 0.0290. The van der Waals surface area contributed by atoms with Crippen molar-refractivity contribution in [3.05, 3.63) is 45.5 Å². The van der Waals surface area contributed by atoms with Crippen LogP contribution in [0.3, 0.4) is 0 Å². The van der Waals surface area contributed by atoms with Crippen LogP contribution in [0, 0.1) is 0 Å². The van der Waals surface area contributed by atoms with Crippen LogP contribution >= 0.6 is 11.6 Å². The number of ether oxygens (including phenoxy) is 1. The highest BCUT2D eigenvalue weighted by Gasteiger charge is 2.10. The van der Waals surface area contributed by atoms with E-state index in [4.69, 9.17) is 21.4 Å². The number of methoxy groups -OCH3 is 1. The molecule has 2 aromatic rings. The number of hydrogen-bond donors (Lipinski definition) is 2. The fourth-order valence-electron chi connectivity index (χ4n) is 1.78. The van der Waals surface area contributed by atoms with Crippen LogP contribution in [-0.2, 0) is 13.1 Å². The van der Waals surface area contributed by atoms with Gasteiger partial charge < -0.3 is 15.2 Å². The molecule has 0 unspecified atom stereocenters. The average molecular weight is 311 g/mol. The van der Waals surface area contributed by atoms with Crippen molar-refractivity contribution in [3.8, 4) is 5.88 Å². The van der Waals surface area contributed by atoms with Gasteiger partial charge in [0, 0.05) is 18.3 Å². The standard InChI is InChI=1S/C13H15ClN4O3/c1-21-12-9(3-2-4-15-12)7-16-10-8-17-18(5-6-19)13(20)11(10)14/h2-4,8,16,19H,5-7H2,1H3. The number of halogens is 1. The molecule has 2 aromatic heterocycles. The third-order valence-corrected chi connectivity index (χ3v) is 3.17. The number of nitrogens with zero attached hydrogens (tertiary/aromatic N) is 3. The Morgan fingerprint density at radius 1 is 1.52 bits per heavy atom. The van der Waals surface area contributed by atoms with Crippen molar-refractivity contribution >= 4 is 17.3 Å². The molecule has 0 fully saturated rings. The van der Waals surface area contributed by atoms with Gasteiger partial charge in [0.2, 0.25) is 5.88 Å². The molecule has 0 bridgehead atoms. The normalized spacial score (nSPS) is 10.4. The lowest BCUT2D eigenvalue weighted by molar-refractivity contribution is 0.266. The molecule has 2 N–H and O–H groups in total. The third kappa shape index (κ3) is 3.50. The second-order valence-corrected chi connectivity index (χ2v) is 4.53. The second-order valence-electron chi connectivity index (χ2n) is 4.15. The van der Waals surface area contributed by atoms with E-state index < -0.39 is 5.56 Å². The van der Waals surface area contributed by atoms with E-state index in [0.717, 1.165) is 10.2 Å². The van der Waals surface area contributed by atoms with Gasteiger partial charge in [0.25, 0.3) is 5.56 Å². The average Bonchev–Trinajstić information content (AvgIpc) is 2.51. The van der Waals surface area contributed by atoms with Gasteiger partial charge in [-0.3, -0.25) is 4.79 Å². The number of rotatable bonds is 6. The summed E-state index contributed by atoms with van der Waals surface area (Å²) in [6.07, 6.45) is 3.08. The molecular weight excluding hydrogens is 296 g/mol. The summed E-state index contributed by atoms with van der Waals surface area (Å²) in [7, 11) is 1.54. The summed E-state index contributed by atoms with van der Waals surface area (Å²) < 4.78 is 6.25. The number of aliphatic hydroxyl groups is 1. The van der Waals surface area contributed by atoms with E-state index in [1.165, 1.54) is 13.3 Å². The fourth-order valence-corrected chi connectivity index (χ4v) is 1.99. The predicted octanol–water partition coefficient (Wildman–Crippen LogP) is 0.905. The summed E-state index contributed by atoms with van der Waals surface area (Å²) in [4.78, 5) is 16.0. The molecule has 0 atom stereocenters. The van der Waals surface area contributed by atoms with Crippen molar-refractivity contribution in [3.63, 3.8) is 0 Å². The number of pyridine rings is 1. The van der Waals surface area contributed by atoms with Gasteiger partial charge in [-0.2, -0.15) is 5.10 Å². The first-order valence-corrected chi connectivity index (χ1v) is 6.63. The number of anilines is 1. The van der Waals surface area contributed by atoms with E-state index in [2.05, 4.69) is 15.4 Å². The lowest BCUT2D eigenvalue weighted by Gasteiger charge is -2.11. The Morgan fingerprint density at radius 3 is 3.05 bits per heavy atom. The number of aliphatic hydroxyl groups excluding tert-OH is 1. The van der Waals surface area contributed by atoms with E-state index >= 15 is 0 Å². The van der Waals surface area contributed by atoms with Crippen molar-refractivity contribution in [1.29, 1.82) is 0 Å². The molecule has 2 rings (SSSR count). The molecule has 0 radical (unpaired) electrons. The minimum atomic E-state index is -0.450. The summed E-state index contributed by atoms with van der Waals surface area (Å²) in [6.45, 7) is 0.319. The highest BCUT2D eigenvalue weighted by molar-refractivity contribution is 6.32. The smallest absolute Gasteiger partial charge is 0.287 e. The van der Waals surface area contributed by atoms with Crippen LogP contribution in [0.4, 0.5) is 5.69 Å². The van der Waals surface area contributed by atoms with Gasteiger partial charge in [-0.15, -0.1) is 0 Å². The Morgan fingerprint density at radius 2 is 2.33 bits per heavy atom. The highest BCUT2D eigenvalue weighted by atomic mass is 35.5. The van der Waals surface area contributed by atoms with Gasteiger partial charge in [0.15, 0.2) is 0 Å². The summed E-state index contributed by atoms with van der Waals surface area (Å²) in [5.41, 5.74) is 0.797. The number of nitrogens with one attached hydrogen (secondary N) is 1. The maximum atomic E-state index is 11.9. The molecule has 112 valence electrons. The number of aromatic nitrogens is 3. The van der Waals surface area contributed by atoms with E-state index in [-0.39, 0.29) is 18.2 Å². The Balaban J connectivity index is 2.17. The summed E-state index contributed by atoms with van der Waals surface area (Å²) >= 11 is 6.01. The Bertz CT molecular complexity index is 675. The summed E-state index contributed by atoms with van der Waals surface area (Å²) in [6, 6.07) is 3.64. The fraction of sp³-hybridized carbons (Fsp3) is 0.308. The van der Waals surface area contributed by atoms with Crippen LogP contribution in [0.2, 0.25) is 5.02 Å². The minimum Gasteiger partial charge on any atom is -0.481 e. The first-order valence-electron chi connectivity index (χ1n) is 6.25. The van der Waals surface area contributed by atoms with Crippen molar-refractivity contribution in [2.75, 3.05) is 19.0 Å². The van der Waals surface area contributed by atoms with Gasteiger partial charge in [-0.05, 0) is 6.07 Å².